The predicted octanol–water partition coefficient (Wildman–Crippen LogP) is 1.75. The van der Waals surface area contributed by atoms with Crippen molar-refractivity contribution in [2.75, 3.05) is 6.61 Å². The second-order valence-electron chi connectivity index (χ2n) is 7.35. The lowest BCUT2D eigenvalue weighted by Crippen LogP contribution is -2.61. The summed E-state index contributed by atoms with van der Waals surface area (Å²) in [5.41, 5.74) is 0.890. The standard InChI is InChI=1S/C20H18ClFN4O4/c21-13-4-3-12(6-14(13)22)30-10-17(28)25-20-7-11(8-20)18(16(27)9-20)24-19(29)15-2-1-5-23-26-15/h1-6,16,27H,7-10H2,(H,24,29)(H,25,28). The lowest BCUT2D eigenvalue weighted by atomic mass is 9.63. The Morgan fingerprint density at radius 3 is 2.80 bits per heavy atom. The highest BCUT2D eigenvalue weighted by atomic mass is 35.5. The van der Waals surface area contributed by atoms with Gasteiger partial charge in [-0.3, -0.25) is 9.59 Å². The summed E-state index contributed by atoms with van der Waals surface area (Å²) in [7, 11) is 0. The number of amides is 2. The number of nitrogens with one attached hydrogen (secondary N) is 2. The molecule has 3 aliphatic carbocycles. The summed E-state index contributed by atoms with van der Waals surface area (Å²) in [6, 6.07) is 7.05. The van der Waals surface area contributed by atoms with Crippen molar-refractivity contribution >= 4 is 23.4 Å². The Kier molecular flexibility index (Phi) is 5.40. The Bertz CT molecular complexity index is 1020. The zero-order valence-electron chi connectivity index (χ0n) is 15.7. The molecular weight excluding hydrogens is 415 g/mol. The van der Waals surface area contributed by atoms with Crippen LogP contribution >= 0.6 is 11.6 Å². The van der Waals surface area contributed by atoms with E-state index < -0.39 is 23.4 Å². The molecule has 1 unspecified atom stereocenters. The Labute approximate surface area is 176 Å². The molecule has 30 heavy (non-hydrogen) atoms. The molecule has 156 valence electrons. The third kappa shape index (κ3) is 4.12. The van der Waals surface area contributed by atoms with Crippen molar-refractivity contribution in [2.24, 2.45) is 0 Å². The maximum Gasteiger partial charge on any atom is 0.276 e. The molecule has 5 rings (SSSR count). The molecule has 1 aromatic carbocycles. The predicted molar refractivity (Wildman–Crippen MR) is 104 cm³/mol. The maximum atomic E-state index is 13.4. The van der Waals surface area contributed by atoms with E-state index in [1.807, 2.05) is 0 Å². The topological polar surface area (TPSA) is 113 Å². The fourth-order valence-electron chi connectivity index (χ4n) is 3.78. The van der Waals surface area contributed by atoms with Gasteiger partial charge in [-0.2, -0.15) is 5.10 Å². The molecule has 10 heteroatoms. The smallest absolute Gasteiger partial charge is 0.276 e. The number of nitrogens with zero attached hydrogens (tertiary/aromatic N) is 2. The first-order valence-electron chi connectivity index (χ1n) is 9.23. The Balaban J connectivity index is 1.33. The molecule has 1 atom stereocenters. The van der Waals surface area contributed by atoms with Crippen molar-refractivity contribution < 1.29 is 23.8 Å². The third-order valence-corrected chi connectivity index (χ3v) is 5.43. The first-order chi connectivity index (χ1) is 14.3. The van der Waals surface area contributed by atoms with E-state index in [1.165, 1.54) is 24.4 Å². The molecule has 2 bridgehead atoms. The van der Waals surface area contributed by atoms with Crippen molar-refractivity contribution in [2.45, 2.75) is 30.9 Å². The number of aliphatic hydroxyl groups is 1. The molecule has 0 spiro atoms. The summed E-state index contributed by atoms with van der Waals surface area (Å²) in [5, 5.41) is 23.4. The van der Waals surface area contributed by atoms with Crippen LogP contribution in [0.2, 0.25) is 5.02 Å². The number of carbonyl (C=O) groups excluding carboxylic acids is 2. The van der Waals surface area contributed by atoms with Crippen molar-refractivity contribution in [1.82, 2.24) is 20.8 Å². The van der Waals surface area contributed by atoms with Crippen LogP contribution in [0.15, 0.2) is 47.8 Å². The number of carbonyl (C=O) groups is 2. The van der Waals surface area contributed by atoms with E-state index >= 15 is 0 Å². The summed E-state index contributed by atoms with van der Waals surface area (Å²) >= 11 is 5.62. The van der Waals surface area contributed by atoms with Gasteiger partial charge in [0, 0.05) is 24.4 Å². The quantitative estimate of drug-likeness (QED) is 0.641. The van der Waals surface area contributed by atoms with E-state index in [-0.39, 0.29) is 35.4 Å². The van der Waals surface area contributed by atoms with Gasteiger partial charge in [-0.05, 0) is 42.7 Å². The number of rotatable bonds is 6. The molecular formula is C20H18ClFN4O4. The molecule has 1 heterocycles. The zero-order chi connectivity index (χ0) is 21.3. The van der Waals surface area contributed by atoms with Crippen LogP contribution < -0.4 is 15.4 Å². The van der Waals surface area contributed by atoms with Gasteiger partial charge in [-0.15, -0.1) is 5.10 Å². The van der Waals surface area contributed by atoms with Crippen LogP contribution in [0.4, 0.5) is 4.39 Å². The fraction of sp³-hybridized carbons (Fsp3) is 0.300. The molecule has 3 N–H and O–H groups in total. The molecule has 2 aromatic rings. The largest absolute Gasteiger partial charge is 0.484 e. The Morgan fingerprint density at radius 1 is 1.33 bits per heavy atom. The molecule has 0 radical (unpaired) electrons. The van der Waals surface area contributed by atoms with Gasteiger partial charge in [0.2, 0.25) is 0 Å². The van der Waals surface area contributed by atoms with Crippen molar-refractivity contribution in [3.63, 3.8) is 0 Å². The summed E-state index contributed by atoms with van der Waals surface area (Å²) in [5.74, 6) is -1.27. The molecule has 2 amide bonds. The average Bonchev–Trinajstić information content (AvgIpc) is 2.70. The SMILES string of the molecule is O=C(COc1ccc(Cl)c(F)c1)NC12CC(=C(NC(=O)c3cccnn3)C(O)C1)C2. The molecule has 1 fully saturated rings. The number of hydrogen-bond donors (Lipinski definition) is 3. The van der Waals surface area contributed by atoms with E-state index in [9.17, 15) is 19.1 Å². The van der Waals surface area contributed by atoms with Crippen molar-refractivity contribution in [1.29, 1.82) is 0 Å². The normalized spacial score (nSPS) is 22.2. The minimum atomic E-state index is -0.922. The van der Waals surface area contributed by atoms with Gasteiger partial charge in [0.15, 0.2) is 12.3 Å². The highest BCUT2D eigenvalue weighted by Gasteiger charge is 2.50. The van der Waals surface area contributed by atoms with Crippen LogP contribution in [0, 0.1) is 5.82 Å². The third-order valence-electron chi connectivity index (χ3n) is 5.12. The van der Waals surface area contributed by atoms with E-state index in [2.05, 4.69) is 20.8 Å². The van der Waals surface area contributed by atoms with Crippen LogP contribution in [-0.4, -0.2) is 45.4 Å². The summed E-state index contributed by atoms with van der Waals surface area (Å²) < 4.78 is 18.7. The molecule has 1 aromatic heterocycles. The second-order valence-corrected chi connectivity index (χ2v) is 7.75. The van der Waals surface area contributed by atoms with Crippen molar-refractivity contribution in [3.05, 3.63) is 64.3 Å². The number of benzene rings is 1. The zero-order valence-corrected chi connectivity index (χ0v) is 16.4. The lowest BCUT2D eigenvalue weighted by molar-refractivity contribution is -0.126. The second kappa shape index (κ2) is 8.00. The molecule has 3 aliphatic rings. The van der Waals surface area contributed by atoms with Gasteiger partial charge in [0.1, 0.15) is 11.6 Å². The van der Waals surface area contributed by atoms with Crippen LogP contribution in [0.25, 0.3) is 0 Å². The molecule has 0 aliphatic heterocycles. The number of aromatic nitrogens is 2. The Morgan fingerprint density at radius 2 is 2.13 bits per heavy atom. The molecule has 0 saturated heterocycles. The average molecular weight is 433 g/mol. The first-order valence-corrected chi connectivity index (χ1v) is 9.61. The van der Waals surface area contributed by atoms with Crippen LogP contribution in [0.1, 0.15) is 29.8 Å². The van der Waals surface area contributed by atoms with Crippen LogP contribution in [-0.2, 0) is 4.79 Å². The van der Waals surface area contributed by atoms with Crippen LogP contribution in [0.3, 0.4) is 0 Å². The van der Waals surface area contributed by atoms with Gasteiger partial charge >= 0.3 is 0 Å². The lowest BCUT2D eigenvalue weighted by Gasteiger charge is -2.51. The van der Waals surface area contributed by atoms with Crippen LogP contribution in [0.5, 0.6) is 5.75 Å². The molecule has 1 saturated carbocycles. The molecule has 8 nitrogen and oxygen atoms in total. The fourth-order valence-corrected chi connectivity index (χ4v) is 3.89. The van der Waals surface area contributed by atoms with E-state index in [1.54, 1.807) is 6.07 Å². The number of aliphatic hydroxyl groups excluding tert-OH is 1. The summed E-state index contributed by atoms with van der Waals surface area (Å²) in [6.45, 7) is -0.297. The summed E-state index contributed by atoms with van der Waals surface area (Å²) in [4.78, 5) is 24.5. The van der Waals surface area contributed by atoms with Gasteiger partial charge in [0.05, 0.1) is 16.7 Å². The summed E-state index contributed by atoms with van der Waals surface area (Å²) in [6.07, 6.45) is 1.83. The monoisotopic (exact) mass is 432 g/mol. The first kappa shape index (κ1) is 20.2. The highest BCUT2D eigenvalue weighted by Crippen LogP contribution is 2.47. The van der Waals surface area contributed by atoms with Gasteiger partial charge in [0.25, 0.3) is 11.8 Å². The van der Waals surface area contributed by atoms with Gasteiger partial charge < -0.3 is 20.5 Å². The number of ether oxygens (including phenoxy) is 1. The number of fused-ring (bicyclic) bond motifs is 2. The van der Waals surface area contributed by atoms with E-state index in [0.29, 0.717) is 18.5 Å². The number of halogens is 2. The van der Waals surface area contributed by atoms with Crippen molar-refractivity contribution in [3.8, 4) is 5.75 Å². The van der Waals surface area contributed by atoms with E-state index in [0.717, 1.165) is 11.6 Å². The minimum absolute atomic E-state index is 0.0297. The minimum Gasteiger partial charge on any atom is -0.484 e. The maximum absolute atomic E-state index is 13.4. The van der Waals surface area contributed by atoms with Gasteiger partial charge in [-0.25, -0.2) is 4.39 Å². The number of hydrogen-bond acceptors (Lipinski definition) is 6. The highest BCUT2D eigenvalue weighted by molar-refractivity contribution is 6.30. The Hall–Kier alpha value is -3.04. The van der Waals surface area contributed by atoms with E-state index in [4.69, 9.17) is 16.3 Å². The van der Waals surface area contributed by atoms with Gasteiger partial charge in [-0.1, -0.05) is 11.6 Å².